The van der Waals surface area contributed by atoms with Gasteiger partial charge in [0.2, 0.25) is 5.95 Å². The zero-order valence-electron chi connectivity index (χ0n) is 18.7. The summed E-state index contributed by atoms with van der Waals surface area (Å²) in [4.78, 5) is 25.8. The molecule has 1 heterocycles. The van der Waals surface area contributed by atoms with E-state index < -0.39 is 0 Å². The Morgan fingerprint density at radius 1 is 1.03 bits per heavy atom. The number of carbonyl (C=O) groups excluding carboxylic acids is 1. The van der Waals surface area contributed by atoms with Crippen LogP contribution in [0.4, 0.5) is 11.6 Å². The molecule has 1 fully saturated rings. The molecular formula is C25H29ClN4O2. The smallest absolute Gasteiger partial charge is 0.274 e. The number of rotatable bonds is 8. The number of amides is 1. The van der Waals surface area contributed by atoms with Crippen LogP contribution in [0.3, 0.4) is 0 Å². The molecule has 0 radical (unpaired) electrons. The molecule has 1 saturated carbocycles. The predicted molar refractivity (Wildman–Crippen MR) is 128 cm³/mol. The molecule has 1 aliphatic carbocycles. The molecule has 0 saturated heterocycles. The van der Waals surface area contributed by atoms with Gasteiger partial charge in [0.25, 0.3) is 5.91 Å². The van der Waals surface area contributed by atoms with Crippen molar-refractivity contribution in [3.05, 3.63) is 82.1 Å². The third-order valence-electron chi connectivity index (χ3n) is 5.03. The van der Waals surface area contributed by atoms with E-state index in [1.165, 1.54) is 25.5 Å². The minimum Gasteiger partial charge on any atom is -0.324 e. The maximum absolute atomic E-state index is 12.2. The fourth-order valence-corrected chi connectivity index (χ4v) is 3.42. The second-order valence-corrected chi connectivity index (χ2v) is 7.86. The molecule has 0 unspecified atom stereocenters. The number of aromatic nitrogens is 2. The highest BCUT2D eigenvalue weighted by atomic mass is 35.5. The van der Waals surface area contributed by atoms with E-state index in [0.717, 1.165) is 29.7 Å². The van der Waals surface area contributed by atoms with Crippen LogP contribution in [0.5, 0.6) is 0 Å². The van der Waals surface area contributed by atoms with Crippen molar-refractivity contribution in [2.24, 2.45) is 0 Å². The summed E-state index contributed by atoms with van der Waals surface area (Å²) in [6, 6.07) is 13.5. The first-order valence-electron chi connectivity index (χ1n) is 10.9. The molecule has 3 aromatic rings. The summed E-state index contributed by atoms with van der Waals surface area (Å²) in [5.41, 5.74) is 7.32. The van der Waals surface area contributed by atoms with E-state index in [9.17, 15) is 4.79 Å². The van der Waals surface area contributed by atoms with Crippen molar-refractivity contribution in [2.45, 2.75) is 45.4 Å². The van der Waals surface area contributed by atoms with Gasteiger partial charge in [-0.2, -0.15) is 0 Å². The van der Waals surface area contributed by atoms with Crippen molar-refractivity contribution in [2.75, 3.05) is 12.4 Å². The second kappa shape index (κ2) is 11.6. The minimum atomic E-state index is -0.220. The van der Waals surface area contributed by atoms with Gasteiger partial charge in [0.1, 0.15) is 0 Å². The Kier molecular flexibility index (Phi) is 8.59. The molecule has 0 bridgehead atoms. The largest absolute Gasteiger partial charge is 0.324 e. The summed E-state index contributed by atoms with van der Waals surface area (Å²) in [6.45, 7) is 4.00. The van der Waals surface area contributed by atoms with Crippen LogP contribution in [0.2, 0.25) is 5.02 Å². The molecule has 168 valence electrons. The summed E-state index contributed by atoms with van der Waals surface area (Å²) >= 11 is 5.91. The van der Waals surface area contributed by atoms with Gasteiger partial charge in [-0.05, 0) is 84.7 Å². The van der Waals surface area contributed by atoms with E-state index in [4.69, 9.17) is 16.4 Å². The molecule has 0 spiro atoms. The van der Waals surface area contributed by atoms with Crippen LogP contribution in [0, 0.1) is 0 Å². The molecule has 0 atom stereocenters. The molecular weight excluding hydrogens is 424 g/mol. The zero-order chi connectivity index (χ0) is 22.9. The Bertz CT molecular complexity index is 1020. The standard InChI is InChI=1S/C23H23ClN4O2.C2H6/c1-30-28-22(29)19-11-15(10-18(12-19)17-4-5-17)2-3-16-13-25-23(26-14-16)27-21-8-6-20(24)7-9-21;1-2/h6-14,17H,2-5H2,1H3,(H,28,29)(H,25,26,27);1-2H3. The summed E-state index contributed by atoms with van der Waals surface area (Å²) in [6.07, 6.45) is 7.63. The van der Waals surface area contributed by atoms with Crippen molar-refractivity contribution in [3.8, 4) is 0 Å². The first-order valence-corrected chi connectivity index (χ1v) is 11.3. The van der Waals surface area contributed by atoms with Gasteiger partial charge in [-0.1, -0.05) is 31.5 Å². The number of benzene rings is 2. The van der Waals surface area contributed by atoms with Gasteiger partial charge in [-0.15, -0.1) is 0 Å². The summed E-state index contributed by atoms with van der Waals surface area (Å²) < 4.78 is 0. The highest BCUT2D eigenvalue weighted by Gasteiger charge is 2.25. The predicted octanol–water partition coefficient (Wildman–Crippen LogP) is 5.85. The van der Waals surface area contributed by atoms with E-state index >= 15 is 0 Å². The van der Waals surface area contributed by atoms with Crippen molar-refractivity contribution in [3.63, 3.8) is 0 Å². The lowest BCUT2D eigenvalue weighted by atomic mass is 9.98. The fraction of sp³-hybridized carbons (Fsp3) is 0.320. The third kappa shape index (κ3) is 6.77. The van der Waals surface area contributed by atoms with Crippen molar-refractivity contribution >= 4 is 29.1 Å². The van der Waals surface area contributed by atoms with E-state index in [1.807, 2.05) is 62.6 Å². The van der Waals surface area contributed by atoms with Gasteiger partial charge in [-0.3, -0.25) is 9.63 Å². The van der Waals surface area contributed by atoms with Crippen LogP contribution >= 0.6 is 11.6 Å². The lowest BCUT2D eigenvalue weighted by molar-refractivity contribution is 0.0537. The number of halogens is 1. The molecule has 32 heavy (non-hydrogen) atoms. The maximum Gasteiger partial charge on any atom is 0.274 e. The molecule has 2 aromatic carbocycles. The van der Waals surface area contributed by atoms with E-state index in [2.05, 4.69) is 26.8 Å². The first-order chi connectivity index (χ1) is 15.6. The summed E-state index contributed by atoms with van der Waals surface area (Å²) in [7, 11) is 1.44. The van der Waals surface area contributed by atoms with Gasteiger partial charge < -0.3 is 5.32 Å². The topological polar surface area (TPSA) is 76.1 Å². The number of aryl methyl sites for hydroxylation is 2. The van der Waals surface area contributed by atoms with Crippen LogP contribution in [-0.2, 0) is 17.7 Å². The van der Waals surface area contributed by atoms with Crippen molar-refractivity contribution in [1.82, 2.24) is 15.4 Å². The number of nitrogens with zero attached hydrogens (tertiary/aromatic N) is 2. The average Bonchev–Trinajstić information content (AvgIpc) is 3.67. The average molecular weight is 453 g/mol. The highest BCUT2D eigenvalue weighted by molar-refractivity contribution is 6.30. The van der Waals surface area contributed by atoms with Crippen molar-refractivity contribution in [1.29, 1.82) is 0 Å². The van der Waals surface area contributed by atoms with Crippen LogP contribution < -0.4 is 10.8 Å². The Morgan fingerprint density at radius 2 is 1.69 bits per heavy atom. The van der Waals surface area contributed by atoms with E-state index in [1.54, 1.807) is 0 Å². The van der Waals surface area contributed by atoms with Crippen LogP contribution in [0.1, 0.15) is 59.7 Å². The number of hydroxylamine groups is 1. The van der Waals surface area contributed by atoms with Crippen LogP contribution in [0.25, 0.3) is 0 Å². The highest BCUT2D eigenvalue weighted by Crippen LogP contribution is 2.40. The number of carbonyl (C=O) groups is 1. The van der Waals surface area contributed by atoms with Gasteiger partial charge >= 0.3 is 0 Å². The van der Waals surface area contributed by atoms with Crippen LogP contribution in [0.15, 0.2) is 54.9 Å². The van der Waals surface area contributed by atoms with Crippen molar-refractivity contribution < 1.29 is 9.63 Å². The molecule has 7 heteroatoms. The number of nitrogens with one attached hydrogen (secondary N) is 2. The van der Waals surface area contributed by atoms with E-state index in [-0.39, 0.29) is 5.91 Å². The van der Waals surface area contributed by atoms with Gasteiger partial charge in [0, 0.05) is 28.7 Å². The molecule has 4 rings (SSSR count). The molecule has 1 aliphatic rings. The van der Waals surface area contributed by atoms with Gasteiger partial charge in [-0.25, -0.2) is 15.4 Å². The molecule has 1 aromatic heterocycles. The quantitative estimate of drug-likeness (QED) is 0.419. The molecule has 6 nitrogen and oxygen atoms in total. The molecule has 2 N–H and O–H groups in total. The zero-order valence-corrected chi connectivity index (χ0v) is 19.4. The lowest BCUT2D eigenvalue weighted by Crippen LogP contribution is -2.22. The Morgan fingerprint density at radius 3 is 2.31 bits per heavy atom. The Labute approximate surface area is 194 Å². The van der Waals surface area contributed by atoms with Crippen LogP contribution in [-0.4, -0.2) is 23.0 Å². The minimum absolute atomic E-state index is 0.220. The van der Waals surface area contributed by atoms with Gasteiger partial charge in [0.05, 0.1) is 7.11 Å². The summed E-state index contributed by atoms with van der Waals surface area (Å²) in [5.74, 6) is 0.887. The third-order valence-corrected chi connectivity index (χ3v) is 5.28. The monoisotopic (exact) mass is 452 g/mol. The molecule has 0 aliphatic heterocycles. The second-order valence-electron chi connectivity index (χ2n) is 7.42. The normalized spacial score (nSPS) is 12.5. The Balaban J connectivity index is 0.00000141. The summed E-state index contributed by atoms with van der Waals surface area (Å²) in [5, 5.41) is 3.84. The van der Waals surface area contributed by atoms with E-state index in [0.29, 0.717) is 22.5 Å². The SMILES string of the molecule is CC.CONC(=O)c1cc(CCc2cnc(Nc3ccc(Cl)cc3)nc2)cc(C2CC2)c1. The lowest BCUT2D eigenvalue weighted by Gasteiger charge is -2.10. The fourth-order valence-electron chi connectivity index (χ4n) is 3.30. The van der Waals surface area contributed by atoms with Gasteiger partial charge in [0.15, 0.2) is 0 Å². The maximum atomic E-state index is 12.2. The molecule has 1 amide bonds. The Hall–Kier alpha value is -2.96. The number of hydrogen-bond acceptors (Lipinski definition) is 5. The number of hydrogen-bond donors (Lipinski definition) is 2. The number of anilines is 2. The first kappa shape index (κ1) is 23.7.